The van der Waals surface area contributed by atoms with Gasteiger partial charge in [0, 0.05) is 18.5 Å². The van der Waals surface area contributed by atoms with E-state index >= 15 is 0 Å². The van der Waals surface area contributed by atoms with Gasteiger partial charge < -0.3 is 9.64 Å². The number of hydrogen-bond donors (Lipinski definition) is 0. The molecule has 142 valence electrons. The van der Waals surface area contributed by atoms with Gasteiger partial charge in [-0.05, 0) is 46.5 Å². The van der Waals surface area contributed by atoms with E-state index in [0.717, 1.165) is 12.8 Å². The lowest BCUT2D eigenvalue weighted by atomic mass is 10.1. The summed E-state index contributed by atoms with van der Waals surface area (Å²) >= 11 is 1.37. The van der Waals surface area contributed by atoms with E-state index in [0.29, 0.717) is 31.6 Å². The van der Waals surface area contributed by atoms with Gasteiger partial charge in [-0.1, -0.05) is 0 Å². The van der Waals surface area contributed by atoms with E-state index in [4.69, 9.17) is 4.74 Å². The number of carbonyl (C=O) groups excluding carboxylic acids is 3. The van der Waals surface area contributed by atoms with Crippen LogP contribution in [0.15, 0.2) is 10.9 Å². The van der Waals surface area contributed by atoms with E-state index in [1.165, 1.54) is 16.2 Å². The summed E-state index contributed by atoms with van der Waals surface area (Å²) < 4.78 is 5.44. The van der Waals surface area contributed by atoms with Crippen LogP contribution in [0.25, 0.3) is 0 Å². The summed E-state index contributed by atoms with van der Waals surface area (Å²) in [4.78, 5) is 45.5. The molecule has 0 bridgehead atoms. The average Bonchev–Trinajstić information content (AvgIpc) is 3.32. The zero-order valence-electron chi connectivity index (χ0n) is 15.4. The van der Waals surface area contributed by atoms with Crippen LogP contribution < -0.4 is 0 Å². The Labute approximate surface area is 157 Å². The molecule has 7 nitrogen and oxygen atoms in total. The number of likely N-dealkylation sites (tertiary alicyclic amines) is 2. The van der Waals surface area contributed by atoms with E-state index in [9.17, 15) is 14.4 Å². The number of nitrogens with zero attached hydrogens (tertiary/aromatic N) is 3. The molecule has 2 amide bonds. The minimum Gasteiger partial charge on any atom is -0.444 e. The van der Waals surface area contributed by atoms with Crippen LogP contribution in [-0.4, -0.2) is 63.3 Å². The van der Waals surface area contributed by atoms with E-state index in [1.54, 1.807) is 36.6 Å². The molecular weight excluding hydrogens is 354 g/mol. The highest BCUT2D eigenvalue weighted by Gasteiger charge is 2.43. The molecule has 1 aromatic rings. The Morgan fingerprint density at radius 1 is 1.12 bits per heavy atom. The number of thiazole rings is 1. The smallest absolute Gasteiger partial charge is 0.410 e. The molecule has 2 aliphatic heterocycles. The minimum absolute atomic E-state index is 0.112. The molecule has 0 aliphatic carbocycles. The van der Waals surface area contributed by atoms with E-state index in [2.05, 4.69) is 4.98 Å². The maximum Gasteiger partial charge on any atom is 0.410 e. The highest BCUT2D eigenvalue weighted by atomic mass is 32.1. The summed E-state index contributed by atoms with van der Waals surface area (Å²) in [5.74, 6) is -0.265. The summed E-state index contributed by atoms with van der Waals surface area (Å²) in [5, 5.41) is 1.71. The highest BCUT2D eigenvalue weighted by molar-refractivity contribution is 7.07. The molecule has 0 saturated carbocycles. The van der Waals surface area contributed by atoms with Gasteiger partial charge in [0.15, 0.2) is 0 Å². The molecule has 0 spiro atoms. The summed E-state index contributed by atoms with van der Waals surface area (Å²) in [6.07, 6.45) is 2.32. The zero-order valence-corrected chi connectivity index (χ0v) is 16.3. The predicted octanol–water partition coefficient (Wildman–Crippen LogP) is 2.72. The van der Waals surface area contributed by atoms with Crippen molar-refractivity contribution >= 4 is 29.1 Å². The van der Waals surface area contributed by atoms with Crippen LogP contribution in [0.1, 0.15) is 56.9 Å². The highest BCUT2D eigenvalue weighted by Crippen LogP contribution is 2.27. The molecule has 0 aromatic carbocycles. The third-order valence-electron chi connectivity index (χ3n) is 4.69. The van der Waals surface area contributed by atoms with Crippen molar-refractivity contribution in [3.63, 3.8) is 0 Å². The molecule has 2 aliphatic rings. The fourth-order valence-corrected chi connectivity index (χ4v) is 4.10. The SMILES string of the molecule is CC(C)(C)OC(=O)N1CCCC1C(=O)N1CCCC1C(=O)c1cscn1. The topological polar surface area (TPSA) is 79.8 Å². The van der Waals surface area contributed by atoms with Gasteiger partial charge in [-0.15, -0.1) is 11.3 Å². The standard InChI is InChI=1S/C18H25N3O4S/c1-18(2,3)25-17(24)21-9-5-7-14(21)16(23)20-8-4-6-13(20)15(22)12-10-26-11-19-12/h10-11,13-14H,4-9H2,1-3H3. The lowest BCUT2D eigenvalue weighted by Gasteiger charge is -2.32. The van der Waals surface area contributed by atoms with Crippen molar-refractivity contribution in [2.45, 2.75) is 64.1 Å². The number of Topliss-reactive ketones (excluding diaryl/α,β-unsaturated/α-hetero) is 1. The summed E-state index contributed by atoms with van der Waals surface area (Å²) in [6, 6.07) is -1.03. The van der Waals surface area contributed by atoms with Crippen LogP contribution in [-0.2, 0) is 9.53 Å². The van der Waals surface area contributed by atoms with Gasteiger partial charge in [0.1, 0.15) is 17.3 Å². The number of aromatic nitrogens is 1. The first-order valence-electron chi connectivity index (χ1n) is 9.00. The molecule has 3 heterocycles. The van der Waals surface area contributed by atoms with Crippen molar-refractivity contribution in [2.24, 2.45) is 0 Å². The molecule has 3 rings (SSSR count). The van der Waals surface area contributed by atoms with Crippen LogP contribution in [0.4, 0.5) is 4.79 Å². The van der Waals surface area contributed by atoms with Gasteiger partial charge in [-0.3, -0.25) is 14.5 Å². The van der Waals surface area contributed by atoms with Crippen LogP contribution in [0.5, 0.6) is 0 Å². The van der Waals surface area contributed by atoms with Crippen molar-refractivity contribution in [3.05, 3.63) is 16.6 Å². The zero-order chi connectivity index (χ0) is 18.9. The van der Waals surface area contributed by atoms with Crippen molar-refractivity contribution in [3.8, 4) is 0 Å². The lowest BCUT2D eigenvalue weighted by molar-refractivity contribution is -0.136. The number of hydrogen-bond acceptors (Lipinski definition) is 6. The van der Waals surface area contributed by atoms with Crippen LogP contribution in [0, 0.1) is 0 Å². The van der Waals surface area contributed by atoms with Gasteiger partial charge in [-0.25, -0.2) is 9.78 Å². The summed E-state index contributed by atoms with van der Waals surface area (Å²) in [7, 11) is 0. The minimum atomic E-state index is -0.607. The maximum atomic E-state index is 13.1. The quantitative estimate of drug-likeness (QED) is 0.755. The first-order chi connectivity index (χ1) is 12.3. The van der Waals surface area contributed by atoms with Gasteiger partial charge >= 0.3 is 6.09 Å². The maximum absolute atomic E-state index is 13.1. The molecule has 2 saturated heterocycles. The molecule has 1 aromatic heterocycles. The second-order valence-corrected chi connectivity index (χ2v) is 8.48. The van der Waals surface area contributed by atoms with Crippen molar-refractivity contribution in [2.75, 3.05) is 13.1 Å². The Balaban J connectivity index is 1.72. The van der Waals surface area contributed by atoms with Crippen LogP contribution in [0.2, 0.25) is 0 Å². The Bertz CT molecular complexity index is 683. The molecule has 26 heavy (non-hydrogen) atoms. The molecule has 2 unspecified atom stereocenters. The van der Waals surface area contributed by atoms with Crippen LogP contribution >= 0.6 is 11.3 Å². The molecular formula is C18H25N3O4S. The Morgan fingerprint density at radius 3 is 2.38 bits per heavy atom. The van der Waals surface area contributed by atoms with E-state index < -0.39 is 23.8 Å². The third-order valence-corrected chi connectivity index (χ3v) is 5.28. The lowest BCUT2D eigenvalue weighted by Crippen LogP contribution is -2.51. The normalized spacial score (nSPS) is 23.3. The molecule has 0 radical (unpaired) electrons. The van der Waals surface area contributed by atoms with Gasteiger partial charge in [0.25, 0.3) is 0 Å². The van der Waals surface area contributed by atoms with Crippen molar-refractivity contribution in [1.82, 2.24) is 14.8 Å². The number of carbonyl (C=O) groups is 3. The first-order valence-corrected chi connectivity index (χ1v) is 9.95. The monoisotopic (exact) mass is 379 g/mol. The van der Waals surface area contributed by atoms with Crippen LogP contribution in [0.3, 0.4) is 0 Å². The number of rotatable bonds is 3. The van der Waals surface area contributed by atoms with Gasteiger partial charge in [0.05, 0.1) is 11.6 Å². The average molecular weight is 379 g/mol. The molecule has 2 atom stereocenters. The fourth-order valence-electron chi connectivity index (χ4n) is 3.56. The third kappa shape index (κ3) is 3.90. The van der Waals surface area contributed by atoms with Crippen molar-refractivity contribution < 1.29 is 19.1 Å². The predicted molar refractivity (Wildman–Crippen MR) is 97.1 cm³/mol. The Kier molecular flexibility index (Phi) is 5.32. The Morgan fingerprint density at radius 2 is 1.77 bits per heavy atom. The summed E-state index contributed by atoms with van der Waals surface area (Å²) in [5.41, 5.74) is 1.43. The molecule has 0 N–H and O–H groups in total. The largest absolute Gasteiger partial charge is 0.444 e. The summed E-state index contributed by atoms with van der Waals surface area (Å²) in [6.45, 7) is 6.46. The van der Waals surface area contributed by atoms with Crippen molar-refractivity contribution in [1.29, 1.82) is 0 Å². The number of amides is 2. The van der Waals surface area contributed by atoms with Gasteiger partial charge in [-0.2, -0.15) is 0 Å². The first kappa shape index (κ1) is 18.8. The van der Waals surface area contributed by atoms with E-state index in [-0.39, 0.29) is 11.7 Å². The number of ketones is 1. The second kappa shape index (κ2) is 7.34. The molecule has 2 fully saturated rings. The fraction of sp³-hybridized carbons (Fsp3) is 0.667. The molecule has 8 heteroatoms. The van der Waals surface area contributed by atoms with E-state index in [1.807, 2.05) is 0 Å². The number of ether oxygens (including phenoxy) is 1. The Hall–Kier alpha value is -1.96. The second-order valence-electron chi connectivity index (χ2n) is 7.76. The van der Waals surface area contributed by atoms with Gasteiger partial charge in [0.2, 0.25) is 11.7 Å².